The lowest BCUT2D eigenvalue weighted by molar-refractivity contribution is -0.150. The van der Waals surface area contributed by atoms with Crippen LogP contribution in [0.2, 0.25) is 0 Å². The van der Waals surface area contributed by atoms with Crippen molar-refractivity contribution in [2.24, 2.45) is 5.41 Å². The van der Waals surface area contributed by atoms with Crippen molar-refractivity contribution in [3.05, 3.63) is 46.6 Å². The van der Waals surface area contributed by atoms with E-state index >= 15 is 0 Å². The van der Waals surface area contributed by atoms with Crippen molar-refractivity contribution in [1.82, 2.24) is 0 Å². The van der Waals surface area contributed by atoms with Gasteiger partial charge in [0.15, 0.2) is 0 Å². The number of aliphatic carboxylic acids is 2. The third-order valence-corrected chi connectivity index (χ3v) is 5.36. The molecule has 0 aromatic rings. The Morgan fingerprint density at radius 2 is 1.13 bits per heavy atom. The van der Waals surface area contributed by atoms with Crippen molar-refractivity contribution in [2.75, 3.05) is 0 Å². The van der Waals surface area contributed by atoms with Crippen LogP contribution >= 0.6 is 0 Å². The second-order valence-corrected chi connectivity index (χ2v) is 8.98. The molecule has 0 unspecified atom stereocenters. The molecule has 0 aromatic heterocycles. The summed E-state index contributed by atoms with van der Waals surface area (Å²) in [5.41, 5.74) is 3.97. The minimum absolute atomic E-state index is 0.00155. The van der Waals surface area contributed by atoms with E-state index in [9.17, 15) is 14.7 Å². The van der Waals surface area contributed by atoms with Gasteiger partial charge in [-0.3, -0.25) is 9.59 Å². The SMILES string of the molecule is CC(C)=CCCC(C)=CCC(CC=C(C)CCC=C(C)C)(CCCC(=O)O)C(=O)O. The van der Waals surface area contributed by atoms with Crippen LogP contribution in [0, 0.1) is 5.41 Å². The molecular weight excluding hydrogens is 376 g/mol. The van der Waals surface area contributed by atoms with Crippen LogP contribution in [0.15, 0.2) is 46.6 Å². The minimum Gasteiger partial charge on any atom is -0.481 e. The molecule has 0 bridgehead atoms. The van der Waals surface area contributed by atoms with E-state index in [0.717, 1.165) is 25.7 Å². The molecule has 0 aromatic carbocycles. The van der Waals surface area contributed by atoms with Gasteiger partial charge in [0.05, 0.1) is 5.41 Å². The first kappa shape index (κ1) is 27.9. The second kappa shape index (κ2) is 14.8. The Morgan fingerprint density at radius 1 is 0.700 bits per heavy atom. The molecule has 2 N–H and O–H groups in total. The van der Waals surface area contributed by atoms with Crippen molar-refractivity contribution >= 4 is 11.9 Å². The fraction of sp³-hybridized carbons (Fsp3) is 0.615. The lowest BCUT2D eigenvalue weighted by Gasteiger charge is -2.28. The summed E-state index contributed by atoms with van der Waals surface area (Å²) in [5, 5.41) is 19.1. The fourth-order valence-electron chi connectivity index (χ4n) is 3.27. The molecule has 0 radical (unpaired) electrons. The maximum Gasteiger partial charge on any atom is 0.310 e. The van der Waals surface area contributed by atoms with Gasteiger partial charge in [0, 0.05) is 6.42 Å². The smallest absolute Gasteiger partial charge is 0.310 e. The number of hydrogen-bond donors (Lipinski definition) is 2. The number of rotatable bonds is 15. The zero-order chi connectivity index (χ0) is 23.2. The minimum atomic E-state index is -0.953. The van der Waals surface area contributed by atoms with Crippen molar-refractivity contribution in [2.45, 2.75) is 99.3 Å². The Labute approximate surface area is 183 Å². The first-order valence-corrected chi connectivity index (χ1v) is 11.0. The zero-order valence-electron chi connectivity index (χ0n) is 19.9. The van der Waals surface area contributed by atoms with E-state index in [1.165, 1.54) is 22.3 Å². The quantitative estimate of drug-likeness (QED) is 0.270. The summed E-state index contributed by atoms with van der Waals surface area (Å²) in [6.45, 7) is 12.4. The van der Waals surface area contributed by atoms with Crippen LogP contribution in [0.4, 0.5) is 0 Å². The maximum absolute atomic E-state index is 12.3. The van der Waals surface area contributed by atoms with Crippen molar-refractivity contribution in [3.8, 4) is 0 Å². The fourth-order valence-corrected chi connectivity index (χ4v) is 3.27. The van der Waals surface area contributed by atoms with Gasteiger partial charge < -0.3 is 10.2 Å². The molecule has 170 valence electrons. The first-order valence-electron chi connectivity index (χ1n) is 11.0. The highest BCUT2D eigenvalue weighted by Gasteiger charge is 2.36. The molecule has 4 heteroatoms. The highest BCUT2D eigenvalue weighted by Crippen LogP contribution is 2.36. The lowest BCUT2D eigenvalue weighted by atomic mass is 9.75. The normalized spacial score (nSPS) is 14.1. The Kier molecular flexibility index (Phi) is 13.8. The number of carboxylic acids is 2. The van der Waals surface area contributed by atoms with Crippen molar-refractivity contribution in [3.63, 3.8) is 0 Å². The lowest BCUT2D eigenvalue weighted by Crippen LogP contribution is -2.30. The molecule has 0 aliphatic rings. The van der Waals surface area contributed by atoms with E-state index in [1.54, 1.807) is 0 Å². The van der Waals surface area contributed by atoms with E-state index in [4.69, 9.17) is 5.11 Å². The van der Waals surface area contributed by atoms with E-state index in [-0.39, 0.29) is 6.42 Å². The molecule has 0 saturated heterocycles. The molecule has 0 aliphatic carbocycles. The predicted molar refractivity (Wildman–Crippen MR) is 126 cm³/mol. The van der Waals surface area contributed by atoms with Gasteiger partial charge in [-0.05, 0) is 92.9 Å². The van der Waals surface area contributed by atoms with Crippen LogP contribution in [-0.2, 0) is 9.59 Å². The summed E-state index contributed by atoms with van der Waals surface area (Å²) in [6, 6.07) is 0. The average Bonchev–Trinajstić information content (AvgIpc) is 2.62. The number of hydrogen-bond acceptors (Lipinski definition) is 2. The molecule has 0 aliphatic heterocycles. The molecule has 0 spiro atoms. The average molecular weight is 419 g/mol. The molecule has 4 nitrogen and oxygen atoms in total. The van der Waals surface area contributed by atoms with Crippen LogP contribution in [0.5, 0.6) is 0 Å². The Bertz CT molecular complexity index is 629. The molecular formula is C26H42O4. The first-order chi connectivity index (χ1) is 14.0. The standard InChI is InChI=1S/C26H42O4/c1-20(2)10-7-12-22(5)15-18-26(25(29)30,17-9-14-24(27)28)19-16-23(6)13-8-11-21(3)4/h10-11,15-16H,7-9,12-14,17-19H2,1-6H3,(H,27,28)(H,29,30). The second-order valence-electron chi connectivity index (χ2n) is 8.98. The van der Waals surface area contributed by atoms with E-state index in [2.05, 4.69) is 39.8 Å². The highest BCUT2D eigenvalue weighted by atomic mass is 16.4. The van der Waals surface area contributed by atoms with Gasteiger partial charge in [0.1, 0.15) is 0 Å². The summed E-state index contributed by atoms with van der Waals surface area (Å²) in [5.74, 6) is -1.72. The molecule has 0 amide bonds. The predicted octanol–water partition coefficient (Wildman–Crippen LogP) is 7.48. The van der Waals surface area contributed by atoms with Crippen LogP contribution < -0.4 is 0 Å². The molecule has 0 heterocycles. The van der Waals surface area contributed by atoms with E-state index in [0.29, 0.717) is 25.7 Å². The van der Waals surface area contributed by atoms with Gasteiger partial charge in [0.25, 0.3) is 0 Å². The van der Waals surface area contributed by atoms with E-state index in [1.807, 2.05) is 26.0 Å². The maximum atomic E-state index is 12.3. The summed E-state index contributed by atoms with van der Waals surface area (Å²) in [6.07, 6.45) is 13.8. The molecule has 0 fully saturated rings. The molecule has 0 rings (SSSR count). The van der Waals surface area contributed by atoms with Gasteiger partial charge in [-0.15, -0.1) is 0 Å². The van der Waals surface area contributed by atoms with Crippen molar-refractivity contribution in [1.29, 1.82) is 0 Å². The third-order valence-electron chi connectivity index (χ3n) is 5.36. The summed E-state index contributed by atoms with van der Waals surface area (Å²) in [7, 11) is 0. The highest BCUT2D eigenvalue weighted by molar-refractivity contribution is 5.75. The number of carbonyl (C=O) groups is 2. The van der Waals surface area contributed by atoms with Gasteiger partial charge in [-0.1, -0.05) is 46.6 Å². The largest absolute Gasteiger partial charge is 0.481 e. The van der Waals surface area contributed by atoms with E-state index < -0.39 is 17.4 Å². The van der Waals surface area contributed by atoms with Gasteiger partial charge >= 0.3 is 11.9 Å². The van der Waals surface area contributed by atoms with Crippen LogP contribution in [-0.4, -0.2) is 22.2 Å². The number of allylic oxidation sites excluding steroid dienone is 8. The Balaban J connectivity index is 5.38. The topological polar surface area (TPSA) is 74.6 Å². The number of carboxylic acid groups (broad SMARTS) is 2. The van der Waals surface area contributed by atoms with Crippen LogP contribution in [0.3, 0.4) is 0 Å². The summed E-state index contributed by atoms with van der Waals surface area (Å²) < 4.78 is 0. The Morgan fingerprint density at radius 3 is 1.47 bits per heavy atom. The summed E-state index contributed by atoms with van der Waals surface area (Å²) >= 11 is 0. The molecule has 30 heavy (non-hydrogen) atoms. The van der Waals surface area contributed by atoms with Gasteiger partial charge in [-0.2, -0.15) is 0 Å². The van der Waals surface area contributed by atoms with Crippen LogP contribution in [0.1, 0.15) is 99.3 Å². The van der Waals surface area contributed by atoms with Gasteiger partial charge in [-0.25, -0.2) is 0 Å². The molecule has 0 atom stereocenters. The Hall–Kier alpha value is -2.10. The van der Waals surface area contributed by atoms with Crippen LogP contribution in [0.25, 0.3) is 0 Å². The zero-order valence-corrected chi connectivity index (χ0v) is 19.9. The monoisotopic (exact) mass is 418 g/mol. The molecule has 0 saturated carbocycles. The van der Waals surface area contributed by atoms with Gasteiger partial charge in [0.2, 0.25) is 0 Å². The summed E-state index contributed by atoms with van der Waals surface area (Å²) in [4.78, 5) is 23.3. The van der Waals surface area contributed by atoms with Crippen molar-refractivity contribution < 1.29 is 19.8 Å². The third kappa shape index (κ3) is 13.2.